The lowest BCUT2D eigenvalue weighted by Gasteiger charge is -2.11. The van der Waals surface area contributed by atoms with Crippen molar-refractivity contribution in [2.45, 2.75) is 18.7 Å². The van der Waals surface area contributed by atoms with Gasteiger partial charge in [0.15, 0.2) is 9.84 Å². The summed E-state index contributed by atoms with van der Waals surface area (Å²) in [6.45, 7) is 1.64. The molecule has 122 valence electrons. The number of para-hydroxylation sites is 1. The third kappa shape index (κ3) is 5.10. The molecule has 0 aliphatic carbocycles. The van der Waals surface area contributed by atoms with Gasteiger partial charge in [0.05, 0.1) is 0 Å². The molecule has 23 heavy (non-hydrogen) atoms. The lowest BCUT2D eigenvalue weighted by Crippen LogP contribution is -2.36. The molecule has 0 saturated carbocycles. The largest absolute Gasteiger partial charge is 0.457 e. The molecule has 0 radical (unpaired) electrons. The molecule has 0 fully saturated rings. The number of carbonyl (C=O) groups is 1. The highest BCUT2D eigenvalue weighted by Crippen LogP contribution is 2.21. The minimum Gasteiger partial charge on any atom is -0.457 e. The number of carbonyl (C=O) groups excluding carboxylic acids is 1. The Morgan fingerprint density at radius 2 is 1.61 bits per heavy atom. The van der Waals surface area contributed by atoms with Gasteiger partial charge in [-0.3, -0.25) is 4.79 Å². The van der Waals surface area contributed by atoms with Crippen LogP contribution in [0.2, 0.25) is 0 Å². The van der Waals surface area contributed by atoms with Crippen molar-refractivity contribution >= 4 is 15.7 Å². The van der Waals surface area contributed by atoms with Gasteiger partial charge in [-0.2, -0.15) is 0 Å². The molecular weight excluding hydrogens is 314 g/mol. The average Bonchev–Trinajstić information content (AvgIpc) is 2.53. The predicted octanol–water partition coefficient (Wildman–Crippen LogP) is 2.53. The van der Waals surface area contributed by atoms with Gasteiger partial charge < -0.3 is 10.1 Å². The van der Waals surface area contributed by atoms with Gasteiger partial charge in [-0.1, -0.05) is 30.3 Å². The van der Waals surface area contributed by atoms with Crippen LogP contribution in [0.1, 0.15) is 12.5 Å². The van der Waals surface area contributed by atoms with Crippen molar-refractivity contribution < 1.29 is 17.9 Å². The molecule has 0 spiro atoms. The maximum Gasteiger partial charge on any atom is 0.238 e. The van der Waals surface area contributed by atoms with Crippen LogP contribution in [-0.2, 0) is 21.2 Å². The van der Waals surface area contributed by atoms with Crippen LogP contribution in [0.5, 0.6) is 11.5 Å². The molecule has 2 aromatic carbocycles. The first-order chi connectivity index (χ1) is 10.9. The number of nitrogens with one attached hydrogen (secondary N) is 1. The van der Waals surface area contributed by atoms with Gasteiger partial charge in [0.25, 0.3) is 0 Å². The van der Waals surface area contributed by atoms with Crippen molar-refractivity contribution in [2.75, 3.05) is 6.26 Å². The Morgan fingerprint density at radius 3 is 2.17 bits per heavy atom. The minimum atomic E-state index is -3.38. The molecule has 0 aliphatic heterocycles. The van der Waals surface area contributed by atoms with E-state index in [4.69, 9.17) is 4.74 Å². The van der Waals surface area contributed by atoms with Crippen molar-refractivity contribution in [3.63, 3.8) is 0 Å². The Morgan fingerprint density at radius 1 is 1.04 bits per heavy atom. The maximum atomic E-state index is 11.8. The zero-order chi connectivity index (χ0) is 16.9. The second kappa shape index (κ2) is 7.28. The Hall–Kier alpha value is -2.34. The second-order valence-electron chi connectivity index (χ2n) is 5.25. The van der Waals surface area contributed by atoms with E-state index in [1.165, 1.54) is 6.92 Å². The fourth-order valence-corrected chi connectivity index (χ4v) is 2.30. The van der Waals surface area contributed by atoms with E-state index in [-0.39, 0.29) is 6.54 Å². The fourth-order valence-electron chi connectivity index (χ4n) is 1.83. The third-order valence-corrected chi connectivity index (χ3v) is 4.88. The molecule has 5 nitrogen and oxygen atoms in total. The van der Waals surface area contributed by atoms with Crippen LogP contribution >= 0.6 is 0 Å². The number of benzene rings is 2. The molecule has 0 unspecified atom stereocenters. The predicted molar refractivity (Wildman–Crippen MR) is 89.1 cm³/mol. The van der Waals surface area contributed by atoms with Crippen molar-refractivity contribution in [3.05, 3.63) is 60.2 Å². The van der Waals surface area contributed by atoms with E-state index in [0.29, 0.717) is 5.75 Å². The van der Waals surface area contributed by atoms with Gasteiger partial charge in [0, 0.05) is 12.8 Å². The van der Waals surface area contributed by atoms with Crippen LogP contribution in [0.3, 0.4) is 0 Å². The van der Waals surface area contributed by atoms with Crippen LogP contribution in [0, 0.1) is 0 Å². The standard InChI is InChI=1S/C17H19NO4S/c1-13(23(2,20)21)17(19)18-12-14-8-10-16(11-9-14)22-15-6-4-3-5-7-15/h3-11,13H,12H2,1-2H3,(H,18,19)/t13-/m1/s1. The molecule has 2 rings (SSSR count). The van der Waals surface area contributed by atoms with E-state index in [9.17, 15) is 13.2 Å². The zero-order valence-electron chi connectivity index (χ0n) is 13.0. The van der Waals surface area contributed by atoms with Crippen LogP contribution in [0.4, 0.5) is 0 Å². The van der Waals surface area contributed by atoms with E-state index in [0.717, 1.165) is 17.6 Å². The molecule has 0 saturated heterocycles. The molecule has 1 amide bonds. The van der Waals surface area contributed by atoms with Crippen LogP contribution < -0.4 is 10.1 Å². The SMILES string of the molecule is C[C@H](C(=O)NCc1ccc(Oc2ccccc2)cc1)S(C)(=O)=O. The summed E-state index contributed by atoms with van der Waals surface area (Å²) in [7, 11) is -3.38. The van der Waals surface area contributed by atoms with Crippen LogP contribution in [-0.4, -0.2) is 25.8 Å². The number of hydrogen-bond donors (Lipinski definition) is 1. The van der Waals surface area contributed by atoms with Gasteiger partial charge in [-0.05, 0) is 36.8 Å². The molecular formula is C17H19NO4S. The summed E-state index contributed by atoms with van der Waals surface area (Å²) in [6.07, 6.45) is 1.05. The van der Waals surface area contributed by atoms with Crippen LogP contribution in [0.25, 0.3) is 0 Å². The first kappa shape index (κ1) is 17.0. The highest BCUT2D eigenvalue weighted by Gasteiger charge is 2.22. The highest BCUT2D eigenvalue weighted by molar-refractivity contribution is 7.92. The Balaban J connectivity index is 1.92. The van der Waals surface area contributed by atoms with E-state index >= 15 is 0 Å². The Labute approximate surface area is 136 Å². The molecule has 1 N–H and O–H groups in total. The summed E-state index contributed by atoms with van der Waals surface area (Å²) in [6, 6.07) is 16.7. The number of sulfone groups is 1. The van der Waals surface area contributed by atoms with Crippen molar-refractivity contribution in [1.29, 1.82) is 0 Å². The Bertz CT molecular complexity index is 755. The third-order valence-electron chi connectivity index (χ3n) is 3.38. The zero-order valence-corrected chi connectivity index (χ0v) is 13.8. The van der Waals surface area contributed by atoms with Crippen molar-refractivity contribution in [3.8, 4) is 11.5 Å². The molecule has 6 heteroatoms. The first-order valence-electron chi connectivity index (χ1n) is 7.14. The van der Waals surface area contributed by atoms with E-state index in [1.54, 1.807) is 12.1 Å². The normalized spacial score (nSPS) is 12.4. The second-order valence-corrected chi connectivity index (χ2v) is 7.61. The van der Waals surface area contributed by atoms with Crippen molar-refractivity contribution in [2.24, 2.45) is 0 Å². The van der Waals surface area contributed by atoms with Crippen LogP contribution in [0.15, 0.2) is 54.6 Å². The molecule has 0 aliphatic rings. The van der Waals surface area contributed by atoms with Gasteiger partial charge in [-0.25, -0.2) is 8.42 Å². The summed E-state index contributed by atoms with van der Waals surface area (Å²) in [5.41, 5.74) is 0.861. The average molecular weight is 333 g/mol. The van der Waals surface area contributed by atoms with Gasteiger partial charge >= 0.3 is 0 Å². The summed E-state index contributed by atoms with van der Waals surface area (Å²) in [4.78, 5) is 11.8. The van der Waals surface area contributed by atoms with Gasteiger partial charge in [0.1, 0.15) is 16.7 Å². The van der Waals surface area contributed by atoms with E-state index < -0.39 is 21.0 Å². The molecule has 0 aromatic heterocycles. The smallest absolute Gasteiger partial charge is 0.238 e. The summed E-state index contributed by atoms with van der Waals surface area (Å²) >= 11 is 0. The number of rotatable bonds is 6. The first-order valence-corrected chi connectivity index (χ1v) is 9.10. The summed E-state index contributed by atoms with van der Waals surface area (Å²) in [5.74, 6) is 0.934. The van der Waals surface area contributed by atoms with Gasteiger partial charge in [-0.15, -0.1) is 0 Å². The lowest BCUT2D eigenvalue weighted by atomic mass is 10.2. The minimum absolute atomic E-state index is 0.268. The number of hydrogen-bond acceptors (Lipinski definition) is 4. The highest BCUT2D eigenvalue weighted by atomic mass is 32.2. The molecule has 0 bridgehead atoms. The lowest BCUT2D eigenvalue weighted by molar-refractivity contribution is -0.120. The molecule has 1 atom stereocenters. The molecule has 2 aromatic rings. The number of ether oxygens (including phenoxy) is 1. The van der Waals surface area contributed by atoms with Gasteiger partial charge in [0.2, 0.25) is 5.91 Å². The number of amides is 1. The summed E-state index contributed by atoms with van der Waals surface area (Å²) in [5, 5.41) is 1.56. The van der Waals surface area contributed by atoms with Crippen molar-refractivity contribution in [1.82, 2.24) is 5.32 Å². The topological polar surface area (TPSA) is 72.5 Å². The summed E-state index contributed by atoms with van der Waals surface area (Å²) < 4.78 is 28.3. The Kier molecular flexibility index (Phi) is 5.39. The monoisotopic (exact) mass is 333 g/mol. The maximum absolute atomic E-state index is 11.8. The molecule has 0 heterocycles. The fraction of sp³-hybridized carbons (Fsp3) is 0.235. The van der Waals surface area contributed by atoms with E-state index in [1.807, 2.05) is 42.5 Å². The van der Waals surface area contributed by atoms with E-state index in [2.05, 4.69) is 5.32 Å². The quantitative estimate of drug-likeness (QED) is 0.882.